The molecular formula is C12H20OS2. The fraction of sp³-hybridized carbons (Fsp3) is 0.833. The molecule has 0 aromatic carbocycles. The van der Waals surface area contributed by atoms with Crippen LogP contribution in [0.1, 0.15) is 25.7 Å². The lowest BCUT2D eigenvalue weighted by Gasteiger charge is -2.41. The Balaban J connectivity index is 2.13. The largest absolute Gasteiger partial charge is 0.358 e. The Kier molecular flexibility index (Phi) is 4.08. The lowest BCUT2D eigenvalue weighted by molar-refractivity contribution is 0.0842. The molecule has 0 amide bonds. The Morgan fingerprint density at radius 1 is 1.27 bits per heavy atom. The second-order valence-electron chi connectivity index (χ2n) is 4.30. The molecule has 0 aromatic rings. The van der Waals surface area contributed by atoms with E-state index in [0.717, 1.165) is 0 Å². The van der Waals surface area contributed by atoms with Crippen molar-refractivity contribution < 1.29 is 4.74 Å². The number of rotatable bonds is 3. The van der Waals surface area contributed by atoms with Gasteiger partial charge >= 0.3 is 0 Å². The van der Waals surface area contributed by atoms with Crippen LogP contribution in [0.2, 0.25) is 0 Å². The fourth-order valence-electron chi connectivity index (χ4n) is 2.72. The molecule has 2 rings (SSSR count). The predicted octanol–water partition coefficient (Wildman–Crippen LogP) is 3.76. The molecule has 1 saturated heterocycles. The number of hydrogen-bond donors (Lipinski definition) is 0. The van der Waals surface area contributed by atoms with Crippen molar-refractivity contribution in [1.82, 2.24) is 0 Å². The van der Waals surface area contributed by atoms with Crippen LogP contribution in [0.15, 0.2) is 12.7 Å². The standard InChI is InChI=1S/C12H20OS2/c1-3-10-6-4-7-11(10)12(13-2)14-8-5-9-15-12/h3,10-11H,1,4-9H2,2H3. The number of hydrogen-bond acceptors (Lipinski definition) is 3. The first-order valence-electron chi connectivity index (χ1n) is 5.78. The quantitative estimate of drug-likeness (QED) is 0.700. The Labute approximate surface area is 101 Å². The molecule has 0 spiro atoms. The van der Waals surface area contributed by atoms with Crippen molar-refractivity contribution in [3.8, 4) is 0 Å². The number of methoxy groups -OCH3 is 1. The van der Waals surface area contributed by atoms with E-state index in [-0.39, 0.29) is 4.27 Å². The summed E-state index contributed by atoms with van der Waals surface area (Å²) in [5.41, 5.74) is 0. The molecule has 1 heterocycles. The van der Waals surface area contributed by atoms with Crippen molar-refractivity contribution in [3.63, 3.8) is 0 Å². The zero-order valence-corrected chi connectivity index (χ0v) is 11.0. The minimum Gasteiger partial charge on any atom is -0.358 e. The molecule has 1 nitrogen and oxygen atoms in total. The van der Waals surface area contributed by atoms with Crippen molar-refractivity contribution >= 4 is 23.5 Å². The van der Waals surface area contributed by atoms with Crippen LogP contribution in [0.4, 0.5) is 0 Å². The molecular weight excluding hydrogens is 224 g/mol. The van der Waals surface area contributed by atoms with Crippen molar-refractivity contribution in [2.45, 2.75) is 29.9 Å². The van der Waals surface area contributed by atoms with E-state index in [1.165, 1.54) is 37.2 Å². The van der Waals surface area contributed by atoms with Crippen LogP contribution in [0.5, 0.6) is 0 Å². The van der Waals surface area contributed by atoms with Gasteiger partial charge in [-0.15, -0.1) is 30.1 Å². The molecule has 0 bridgehead atoms. The lowest BCUT2D eigenvalue weighted by Crippen LogP contribution is -2.37. The molecule has 0 aromatic heterocycles. The molecule has 2 aliphatic rings. The Bertz CT molecular complexity index is 224. The zero-order chi connectivity index (χ0) is 10.7. The summed E-state index contributed by atoms with van der Waals surface area (Å²) in [6.07, 6.45) is 7.43. The third-order valence-electron chi connectivity index (χ3n) is 3.51. The summed E-state index contributed by atoms with van der Waals surface area (Å²) in [6.45, 7) is 3.98. The summed E-state index contributed by atoms with van der Waals surface area (Å²) < 4.78 is 5.91. The maximum Gasteiger partial charge on any atom is 0.163 e. The van der Waals surface area contributed by atoms with Gasteiger partial charge in [-0.05, 0) is 36.7 Å². The van der Waals surface area contributed by atoms with Gasteiger partial charge in [0, 0.05) is 13.0 Å². The van der Waals surface area contributed by atoms with Gasteiger partial charge in [-0.3, -0.25) is 0 Å². The van der Waals surface area contributed by atoms with Gasteiger partial charge in [-0.25, -0.2) is 0 Å². The fourth-order valence-corrected chi connectivity index (χ4v) is 6.13. The van der Waals surface area contributed by atoms with E-state index < -0.39 is 0 Å². The van der Waals surface area contributed by atoms with E-state index in [2.05, 4.69) is 12.7 Å². The van der Waals surface area contributed by atoms with E-state index in [9.17, 15) is 0 Å². The molecule has 0 radical (unpaired) electrons. The average molecular weight is 244 g/mol. The van der Waals surface area contributed by atoms with Gasteiger partial charge < -0.3 is 4.74 Å². The monoisotopic (exact) mass is 244 g/mol. The molecule has 3 heteroatoms. The first kappa shape index (κ1) is 11.9. The molecule has 2 unspecified atom stereocenters. The normalized spacial score (nSPS) is 35.3. The summed E-state index contributed by atoms with van der Waals surface area (Å²) in [5, 5.41) is 0. The second kappa shape index (κ2) is 5.15. The molecule has 86 valence electrons. The van der Waals surface area contributed by atoms with Crippen LogP contribution < -0.4 is 0 Å². The van der Waals surface area contributed by atoms with Crippen LogP contribution in [0.25, 0.3) is 0 Å². The van der Waals surface area contributed by atoms with Crippen molar-refractivity contribution in [2.24, 2.45) is 11.8 Å². The summed E-state index contributed by atoms with van der Waals surface area (Å²) in [4.78, 5) is 0. The first-order chi connectivity index (χ1) is 7.32. The van der Waals surface area contributed by atoms with Crippen molar-refractivity contribution in [1.29, 1.82) is 0 Å². The Morgan fingerprint density at radius 2 is 2.00 bits per heavy atom. The van der Waals surface area contributed by atoms with Gasteiger partial charge in [-0.2, -0.15) is 0 Å². The van der Waals surface area contributed by atoms with E-state index in [0.29, 0.717) is 11.8 Å². The molecule has 0 N–H and O–H groups in total. The van der Waals surface area contributed by atoms with Gasteiger partial charge in [0.25, 0.3) is 0 Å². The van der Waals surface area contributed by atoms with Crippen LogP contribution in [0, 0.1) is 11.8 Å². The Morgan fingerprint density at radius 3 is 2.60 bits per heavy atom. The molecule has 1 aliphatic carbocycles. The predicted molar refractivity (Wildman–Crippen MR) is 70.3 cm³/mol. The molecule has 2 fully saturated rings. The summed E-state index contributed by atoms with van der Waals surface area (Å²) in [6, 6.07) is 0. The lowest BCUT2D eigenvalue weighted by atomic mass is 9.96. The minimum atomic E-state index is 0.0353. The molecule has 1 aliphatic heterocycles. The third kappa shape index (κ3) is 2.25. The van der Waals surface area contributed by atoms with Gasteiger partial charge in [0.15, 0.2) is 4.27 Å². The number of allylic oxidation sites excluding steroid dienone is 1. The van der Waals surface area contributed by atoms with Crippen molar-refractivity contribution in [3.05, 3.63) is 12.7 Å². The summed E-state index contributed by atoms with van der Waals surface area (Å²) in [5.74, 6) is 3.85. The molecule has 2 atom stereocenters. The van der Waals surface area contributed by atoms with Crippen molar-refractivity contribution in [2.75, 3.05) is 18.6 Å². The van der Waals surface area contributed by atoms with Gasteiger partial charge in [-0.1, -0.05) is 12.5 Å². The average Bonchev–Trinajstić information content (AvgIpc) is 2.78. The van der Waals surface area contributed by atoms with Crippen LogP contribution in [-0.2, 0) is 4.74 Å². The topological polar surface area (TPSA) is 9.23 Å². The third-order valence-corrected chi connectivity index (χ3v) is 6.94. The number of thioether (sulfide) groups is 2. The SMILES string of the molecule is C=CC1CCCC1C1(OC)SCCCS1. The molecule has 1 saturated carbocycles. The van der Waals surface area contributed by atoms with Crippen LogP contribution >= 0.6 is 23.5 Å². The first-order valence-corrected chi connectivity index (χ1v) is 7.75. The summed E-state index contributed by atoms with van der Waals surface area (Å²) in [7, 11) is 1.88. The second-order valence-corrected chi connectivity index (χ2v) is 7.16. The highest BCUT2D eigenvalue weighted by Gasteiger charge is 2.46. The van der Waals surface area contributed by atoms with Gasteiger partial charge in [0.05, 0.1) is 0 Å². The Hall–Kier alpha value is 0.400. The zero-order valence-electron chi connectivity index (χ0n) is 9.41. The molecule has 15 heavy (non-hydrogen) atoms. The number of ether oxygens (including phenoxy) is 1. The van der Waals surface area contributed by atoms with E-state index in [4.69, 9.17) is 4.74 Å². The summed E-state index contributed by atoms with van der Waals surface area (Å²) >= 11 is 4.04. The highest BCUT2D eigenvalue weighted by Crippen LogP contribution is 2.55. The van der Waals surface area contributed by atoms with Gasteiger partial charge in [0.2, 0.25) is 0 Å². The van der Waals surface area contributed by atoms with E-state index >= 15 is 0 Å². The van der Waals surface area contributed by atoms with Crippen LogP contribution in [-0.4, -0.2) is 22.9 Å². The highest BCUT2D eigenvalue weighted by molar-refractivity contribution is 8.18. The van der Waals surface area contributed by atoms with Crippen LogP contribution in [0.3, 0.4) is 0 Å². The van der Waals surface area contributed by atoms with E-state index in [1.807, 2.05) is 30.6 Å². The minimum absolute atomic E-state index is 0.0353. The highest BCUT2D eigenvalue weighted by atomic mass is 32.2. The maximum absolute atomic E-state index is 5.87. The maximum atomic E-state index is 5.87. The van der Waals surface area contributed by atoms with Gasteiger partial charge in [0.1, 0.15) is 0 Å². The smallest absolute Gasteiger partial charge is 0.163 e. The van der Waals surface area contributed by atoms with E-state index in [1.54, 1.807) is 0 Å².